The van der Waals surface area contributed by atoms with E-state index in [0.29, 0.717) is 12.3 Å². The SMILES string of the molecule is COCc1ccc(NC(=O)Nc2cn(C)nc2C)cc1. The van der Waals surface area contributed by atoms with Gasteiger partial charge >= 0.3 is 6.03 Å². The minimum absolute atomic E-state index is 0.291. The number of hydrogen-bond donors (Lipinski definition) is 2. The molecule has 0 aliphatic heterocycles. The number of hydrogen-bond acceptors (Lipinski definition) is 3. The number of amides is 2. The maximum atomic E-state index is 11.9. The Bertz CT molecular complexity index is 590. The van der Waals surface area contributed by atoms with Gasteiger partial charge in [-0.25, -0.2) is 4.79 Å². The fraction of sp³-hybridized carbons (Fsp3) is 0.286. The first-order chi connectivity index (χ1) is 9.58. The van der Waals surface area contributed by atoms with Gasteiger partial charge in [-0.1, -0.05) is 12.1 Å². The summed E-state index contributed by atoms with van der Waals surface area (Å²) in [6.07, 6.45) is 1.76. The van der Waals surface area contributed by atoms with Crippen molar-refractivity contribution in [3.63, 3.8) is 0 Å². The molecule has 0 aliphatic rings. The van der Waals surface area contributed by atoms with E-state index >= 15 is 0 Å². The van der Waals surface area contributed by atoms with Gasteiger partial charge in [0.25, 0.3) is 0 Å². The van der Waals surface area contributed by atoms with E-state index in [0.717, 1.165) is 16.9 Å². The minimum Gasteiger partial charge on any atom is -0.380 e. The van der Waals surface area contributed by atoms with Crippen molar-refractivity contribution in [2.45, 2.75) is 13.5 Å². The van der Waals surface area contributed by atoms with Crippen molar-refractivity contribution in [3.8, 4) is 0 Å². The standard InChI is InChI=1S/C14H18N4O2/c1-10-13(8-18(2)17-10)16-14(19)15-12-6-4-11(5-7-12)9-20-3/h4-8H,9H2,1-3H3,(H2,15,16,19). The van der Waals surface area contributed by atoms with Crippen LogP contribution in [0.15, 0.2) is 30.5 Å². The molecular weight excluding hydrogens is 256 g/mol. The average molecular weight is 274 g/mol. The van der Waals surface area contributed by atoms with Crippen LogP contribution in [0.5, 0.6) is 0 Å². The molecule has 0 atom stereocenters. The van der Waals surface area contributed by atoms with Crippen LogP contribution in [-0.2, 0) is 18.4 Å². The summed E-state index contributed by atoms with van der Waals surface area (Å²) in [5.74, 6) is 0. The molecule has 6 heteroatoms. The predicted molar refractivity (Wildman–Crippen MR) is 77.7 cm³/mol. The summed E-state index contributed by atoms with van der Waals surface area (Å²) in [4.78, 5) is 11.9. The Balaban J connectivity index is 1.95. The van der Waals surface area contributed by atoms with Crippen LogP contribution in [0.4, 0.5) is 16.2 Å². The number of aromatic nitrogens is 2. The normalized spacial score (nSPS) is 10.3. The molecule has 2 rings (SSSR count). The minimum atomic E-state index is -0.291. The second kappa shape index (κ2) is 6.21. The maximum absolute atomic E-state index is 11.9. The second-order valence-electron chi connectivity index (χ2n) is 4.51. The number of ether oxygens (including phenoxy) is 1. The Labute approximate surface area is 117 Å². The summed E-state index contributed by atoms with van der Waals surface area (Å²) in [5.41, 5.74) is 3.25. The highest BCUT2D eigenvalue weighted by Crippen LogP contribution is 2.13. The number of nitrogens with zero attached hydrogens (tertiary/aromatic N) is 2. The third-order valence-electron chi connectivity index (χ3n) is 2.78. The monoisotopic (exact) mass is 274 g/mol. The molecule has 6 nitrogen and oxygen atoms in total. The Morgan fingerprint density at radius 2 is 2.00 bits per heavy atom. The third kappa shape index (κ3) is 3.58. The van der Waals surface area contributed by atoms with Crippen LogP contribution in [0, 0.1) is 6.92 Å². The van der Waals surface area contributed by atoms with E-state index in [-0.39, 0.29) is 6.03 Å². The first kappa shape index (κ1) is 14.1. The summed E-state index contributed by atoms with van der Waals surface area (Å²) < 4.78 is 6.69. The van der Waals surface area contributed by atoms with E-state index < -0.39 is 0 Å². The summed E-state index contributed by atoms with van der Waals surface area (Å²) >= 11 is 0. The van der Waals surface area contributed by atoms with Crippen molar-refractivity contribution in [2.24, 2.45) is 7.05 Å². The van der Waals surface area contributed by atoms with Crippen molar-refractivity contribution >= 4 is 17.4 Å². The average Bonchev–Trinajstić information content (AvgIpc) is 2.70. The molecule has 106 valence electrons. The van der Waals surface area contributed by atoms with Crippen LogP contribution in [0.2, 0.25) is 0 Å². The highest BCUT2D eigenvalue weighted by molar-refractivity contribution is 5.99. The smallest absolute Gasteiger partial charge is 0.323 e. The van der Waals surface area contributed by atoms with E-state index in [1.165, 1.54) is 0 Å². The Morgan fingerprint density at radius 1 is 1.30 bits per heavy atom. The van der Waals surface area contributed by atoms with Gasteiger partial charge in [-0.3, -0.25) is 4.68 Å². The first-order valence-corrected chi connectivity index (χ1v) is 6.24. The fourth-order valence-electron chi connectivity index (χ4n) is 1.86. The van der Waals surface area contributed by atoms with E-state index in [1.54, 1.807) is 18.0 Å². The molecule has 0 aliphatic carbocycles. The fourth-order valence-corrected chi connectivity index (χ4v) is 1.86. The molecule has 1 aromatic heterocycles. The van der Waals surface area contributed by atoms with E-state index in [9.17, 15) is 4.79 Å². The summed E-state index contributed by atoms with van der Waals surface area (Å²) in [6.45, 7) is 2.40. The molecule has 1 aromatic carbocycles. The first-order valence-electron chi connectivity index (χ1n) is 6.24. The van der Waals surface area contributed by atoms with Crippen LogP contribution in [0.25, 0.3) is 0 Å². The number of anilines is 2. The summed E-state index contributed by atoms with van der Waals surface area (Å²) in [5, 5.41) is 9.69. The number of carbonyl (C=O) groups is 1. The van der Waals surface area contributed by atoms with Gasteiger partial charge in [0, 0.05) is 26.0 Å². The highest BCUT2D eigenvalue weighted by atomic mass is 16.5. The molecule has 0 fully saturated rings. The molecule has 2 N–H and O–H groups in total. The Morgan fingerprint density at radius 3 is 2.55 bits per heavy atom. The maximum Gasteiger partial charge on any atom is 0.323 e. The number of methoxy groups -OCH3 is 1. The van der Waals surface area contributed by atoms with E-state index in [1.807, 2.05) is 38.2 Å². The van der Waals surface area contributed by atoms with Crippen LogP contribution in [-0.4, -0.2) is 22.9 Å². The van der Waals surface area contributed by atoms with Gasteiger partial charge < -0.3 is 15.4 Å². The number of nitrogens with one attached hydrogen (secondary N) is 2. The van der Waals surface area contributed by atoms with E-state index in [2.05, 4.69) is 15.7 Å². The van der Waals surface area contributed by atoms with Gasteiger partial charge in [0.05, 0.1) is 18.0 Å². The molecule has 0 bridgehead atoms. The number of aryl methyl sites for hydroxylation is 2. The molecule has 2 amide bonds. The molecule has 0 saturated heterocycles. The predicted octanol–water partition coefficient (Wildman–Crippen LogP) is 2.52. The van der Waals surface area contributed by atoms with Crippen LogP contribution in [0.1, 0.15) is 11.3 Å². The number of urea groups is 1. The molecule has 2 aromatic rings. The lowest BCUT2D eigenvalue weighted by Crippen LogP contribution is -2.19. The van der Waals surface area contributed by atoms with Gasteiger partial charge in [0.15, 0.2) is 0 Å². The van der Waals surface area contributed by atoms with Gasteiger partial charge in [-0.15, -0.1) is 0 Å². The molecule has 1 heterocycles. The molecule has 20 heavy (non-hydrogen) atoms. The van der Waals surface area contributed by atoms with Crippen molar-refractivity contribution in [3.05, 3.63) is 41.7 Å². The molecule has 0 radical (unpaired) electrons. The zero-order valence-corrected chi connectivity index (χ0v) is 11.8. The lowest BCUT2D eigenvalue weighted by atomic mass is 10.2. The summed E-state index contributed by atoms with van der Waals surface area (Å²) in [6, 6.07) is 7.21. The zero-order valence-electron chi connectivity index (χ0n) is 11.8. The third-order valence-corrected chi connectivity index (χ3v) is 2.78. The van der Waals surface area contributed by atoms with Crippen molar-refractivity contribution in [2.75, 3.05) is 17.7 Å². The van der Waals surface area contributed by atoms with Crippen molar-refractivity contribution in [1.82, 2.24) is 9.78 Å². The van der Waals surface area contributed by atoms with Gasteiger partial charge in [0.2, 0.25) is 0 Å². The highest BCUT2D eigenvalue weighted by Gasteiger charge is 2.07. The lowest BCUT2D eigenvalue weighted by Gasteiger charge is -2.07. The van der Waals surface area contributed by atoms with E-state index in [4.69, 9.17) is 4.74 Å². The summed E-state index contributed by atoms with van der Waals surface area (Å²) in [7, 11) is 3.46. The van der Waals surface area contributed by atoms with Gasteiger partial charge in [0.1, 0.15) is 0 Å². The Kier molecular flexibility index (Phi) is 4.37. The van der Waals surface area contributed by atoms with Gasteiger partial charge in [-0.05, 0) is 24.6 Å². The molecule has 0 unspecified atom stereocenters. The molecular formula is C14H18N4O2. The van der Waals surface area contributed by atoms with Crippen LogP contribution < -0.4 is 10.6 Å². The quantitative estimate of drug-likeness (QED) is 0.900. The number of rotatable bonds is 4. The topological polar surface area (TPSA) is 68.2 Å². The molecule has 0 saturated carbocycles. The Hall–Kier alpha value is -2.34. The van der Waals surface area contributed by atoms with Crippen molar-refractivity contribution < 1.29 is 9.53 Å². The largest absolute Gasteiger partial charge is 0.380 e. The number of benzene rings is 1. The van der Waals surface area contributed by atoms with Crippen LogP contribution >= 0.6 is 0 Å². The number of carbonyl (C=O) groups excluding carboxylic acids is 1. The van der Waals surface area contributed by atoms with Crippen LogP contribution in [0.3, 0.4) is 0 Å². The second-order valence-corrected chi connectivity index (χ2v) is 4.51. The lowest BCUT2D eigenvalue weighted by molar-refractivity contribution is 0.185. The van der Waals surface area contributed by atoms with Gasteiger partial charge in [-0.2, -0.15) is 5.10 Å². The zero-order chi connectivity index (χ0) is 14.5. The molecule has 0 spiro atoms. The van der Waals surface area contributed by atoms with Crippen molar-refractivity contribution in [1.29, 1.82) is 0 Å².